The second-order valence-corrected chi connectivity index (χ2v) is 7.06. The number of hydrogen-bond donors (Lipinski definition) is 2. The lowest BCUT2D eigenvalue weighted by atomic mass is 10.1. The summed E-state index contributed by atoms with van der Waals surface area (Å²) in [6.07, 6.45) is 2.01. The summed E-state index contributed by atoms with van der Waals surface area (Å²) >= 11 is 1.41. The third-order valence-corrected chi connectivity index (χ3v) is 5.06. The first-order chi connectivity index (χ1) is 12.1. The van der Waals surface area contributed by atoms with Crippen molar-refractivity contribution in [3.05, 3.63) is 34.8 Å². The molecule has 1 unspecified atom stereocenters. The van der Waals surface area contributed by atoms with Gasteiger partial charge in [-0.25, -0.2) is 0 Å². The van der Waals surface area contributed by atoms with Gasteiger partial charge in [-0.1, -0.05) is 30.4 Å². The van der Waals surface area contributed by atoms with Crippen molar-refractivity contribution in [1.82, 2.24) is 15.5 Å². The number of benzene rings is 1. The highest BCUT2D eigenvalue weighted by Crippen LogP contribution is 2.28. The molecule has 0 aliphatic carbocycles. The minimum Gasteiger partial charge on any atom is -0.508 e. The van der Waals surface area contributed by atoms with Crippen molar-refractivity contribution in [3.8, 4) is 5.75 Å². The van der Waals surface area contributed by atoms with Gasteiger partial charge in [-0.2, -0.15) is 0 Å². The third-order valence-electron chi connectivity index (χ3n) is 4.05. The third kappa shape index (κ3) is 4.14. The normalized spacial score (nSPS) is 17.1. The Bertz CT molecular complexity index is 760. The van der Waals surface area contributed by atoms with Crippen LogP contribution in [0.15, 0.2) is 24.3 Å². The number of rotatable bonds is 6. The molecule has 1 fully saturated rings. The van der Waals surface area contributed by atoms with E-state index in [0.717, 1.165) is 23.4 Å². The number of phenols is 1. The van der Waals surface area contributed by atoms with Crippen LogP contribution in [0.4, 0.5) is 5.13 Å². The Morgan fingerprint density at radius 2 is 2.12 bits per heavy atom. The van der Waals surface area contributed by atoms with Gasteiger partial charge in [-0.05, 0) is 24.1 Å². The molecule has 0 bridgehead atoms. The Kier molecular flexibility index (Phi) is 5.28. The molecule has 2 amide bonds. The van der Waals surface area contributed by atoms with Crippen molar-refractivity contribution < 1.29 is 14.7 Å². The van der Waals surface area contributed by atoms with Crippen LogP contribution in [0.3, 0.4) is 0 Å². The molecular formula is C17H20N4O3S. The van der Waals surface area contributed by atoms with Gasteiger partial charge in [-0.15, -0.1) is 10.2 Å². The highest BCUT2D eigenvalue weighted by molar-refractivity contribution is 7.15. The molecule has 2 N–H and O–H groups in total. The van der Waals surface area contributed by atoms with Gasteiger partial charge >= 0.3 is 0 Å². The number of phenolic OH excluding ortho intramolecular Hbond substituents is 1. The zero-order chi connectivity index (χ0) is 17.8. The molecule has 1 aliphatic heterocycles. The van der Waals surface area contributed by atoms with Crippen LogP contribution in [0.5, 0.6) is 5.75 Å². The molecule has 0 radical (unpaired) electrons. The number of aromatic nitrogens is 2. The average molecular weight is 360 g/mol. The molecule has 1 aliphatic rings. The fraction of sp³-hybridized carbons (Fsp3) is 0.412. The SMILES string of the molecule is CCCc1nnc(N2CC(C(=O)NCc3ccc(O)cc3)CC2=O)s1. The molecule has 132 valence electrons. The Balaban J connectivity index is 1.57. The van der Waals surface area contributed by atoms with Gasteiger partial charge in [0.1, 0.15) is 10.8 Å². The van der Waals surface area contributed by atoms with Crippen molar-refractivity contribution in [2.24, 2.45) is 5.92 Å². The van der Waals surface area contributed by atoms with Crippen LogP contribution in [-0.4, -0.2) is 33.7 Å². The fourth-order valence-electron chi connectivity index (χ4n) is 2.68. The number of carbonyl (C=O) groups is 2. The first kappa shape index (κ1) is 17.3. The maximum absolute atomic E-state index is 12.3. The fourth-order valence-corrected chi connectivity index (χ4v) is 3.65. The van der Waals surface area contributed by atoms with Crippen LogP contribution >= 0.6 is 11.3 Å². The van der Waals surface area contributed by atoms with Crippen molar-refractivity contribution in [1.29, 1.82) is 0 Å². The predicted molar refractivity (Wildman–Crippen MR) is 94.3 cm³/mol. The quantitative estimate of drug-likeness (QED) is 0.820. The molecule has 2 heterocycles. The van der Waals surface area contributed by atoms with Crippen molar-refractivity contribution in [2.75, 3.05) is 11.4 Å². The number of carbonyl (C=O) groups excluding carboxylic acids is 2. The molecular weight excluding hydrogens is 340 g/mol. The van der Waals surface area contributed by atoms with E-state index in [0.29, 0.717) is 18.2 Å². The van der Waals surface area contributed by atoms with E-state index >= 15 is 0 Å². The Labute approximate surface area is 149 Å². The summed E-state index contributed by atoms with van der Waals surface area (Å²) in [6, 6.07) is 6.65. The number of nitrogens with one attached hydrogen (secondary N) is 1. The largest absolute Gasteiger partial charge is 0.508 e. The minimum atomic E-state index is -0.386. The maximum atomic E-state index is 12.3. The second kappa shape index (κ2) is 7.60. The smallest absolute Gasteiger partial charge is 0.229 e. The first-order valence-electron chi connectivity index (χ1n) is 8.25. The van der Waals surface area contributed by atoms with E-state index < -0.39 is 0 Å². The molecule has 8 heteroatoms. The number of nitrogens with zero attached hydrogens (tertiary/aromatic N) is 3. The molecule has 25 heavy (non-hydrogen) atoms. The van der Waals surface area contributed by atoms with Gasteiger partial charge in [0.25, 0.3) is 0 Å². The van der Waals surface area contributed by atoms with E-state index in [4.69, 9.17) is 0 Å². The summed E-state index contributed by atoms with van der Waals surface area (Å²) in [7, 11) is 0. The van der Waals surface area contributed by atoms with Crippen LogP contribution in [0.1, 0.15) is 30.3 Å². The summed E-state index contributed by atoms with van der Waals surface area (Å²) in [5.74, 6) is -0.444. The van der Waals surface area contributed by atoms with Gasteiger partial charge in [0.05, 0.1) is 5.92 Å². The lowest BCUT2D eigenvalue weighted by Gasteiger charge is -2.12. The van der Waals surface area contributed by atoms with E-state index in [1.165, 1.54) is 11.3 Å². The standard InChI is InChI=1S/C17H20N4O3S/c1-2-3-14-19-20-17(25-14)21-10-12(8-15(21)23)16(24)18-9-11-4-6-13(22)7-5-11/h4-7,12,22H,2-3,8-10H2,1H3,(H,18,24). The van der Waals surface area contributed by atoms with Gasteiger partial charge in [0.2, 0.25) is 16.9 Å². The van der Waals surface area contributed by atoms with Crippen molar-refractivity contribution in [2.45, 2.75) is 32.7 Å². The molecule has 2 aromatic rings. The van der Waals surface area contributed by atoms with E-state index in [1.807, 2.05) is 0 Å². The zero-order valence-electron chi connectivity index (χ0n) is 13.9. The Morgan fingerprint density at radius 1 is 1.36 bits per heavy atom. The van der Waals surface area contributed by atoms with Gasteiger partial charge in [0, 0.05) is 25.9 Å². The number of hydrogen-bond acceptors (Lipinski definition) is 6. The molecule has 1 atom stereocenters. The molecule has 0 saturated carbocycles. The molecule has 1 aromatic carbocycles. The van der Waals surface area contributed by atoms with Crippen molar-refractivity contribution in [3.63, 3.8) is 0 Å². The van der Waals surface area contributed by atoms with E-state index in [9.17, 15) is 14.7 Å². The topological polar surface area (TPSA) is 95.4 Å². The van der Waals surface area contributed by atoms with Crippen LogP contribution in [0.2, 0.25) is 0 Å². The van der Waals surface area contributed by atoms with E-state index in [1.54, 1.807) is 29.2 Å². The number of amides is 2. The van der Waals surface area contributed by atoms with Gasteiger partial charge in [-0.3, -0.25) is 14.5 Å². The number of anilines is 1. The Hall–Kier alpha value is -2.48. The summed E-state index contributed by atoms with van der Waals surface area (Å²) in [5.41, 5.74) is 0.890. The molecule has 7 nitrogen and oxygen atoms in total. The summed E-state index contributed by atoms with van der Waals surface area (Å²) < 4.78 is 0. The van der Waals surface area contributed by atoms with Crippen LogP contribution < -0.4 is 10.2 Å². The lowest BCUT2D eigenvalue weighted by molar-refractivity contribution is -0.126. The van der Waals surface area contributed by atoms with E-state index in [-0.39, 0.29) is 29.9 Å². The highest BCUT2D eigenvalue weighted by atomic mass is 32.1. The van der Waals surface area contributed by atoms with Crippen LogP contribution in [-0.2, 0) is 22.6 Å². The average Bonchev–Trinajstić information content (AvgIpc) is 3.21. The minimum absolute atomic E-state index is 0.0935. The maximum Gasteiger partial charge on any atom is 0.229 e. The monoisotopic (exact) mass is 360 g/mol. The number of aryl methyl sites for hydroxylation is 1. The van der Waals surface area contributed by atoms with E-state index in [2.05, 4.69) is 22.4 Å². The van der Waals surface area contributed by atoms with Crippen molar-refractivity contribution >= 4 is 28.3 Å². The van der Waals surface area contributed by atoms with Crippen LogP contribution in [0, 0.1) is 5.92 Å². The first-order valence-corrected chi connectivity index (χ1v) is 9.07. The highest BCUT2D eigenvalue weighted by Gasteiger charge is 2.36. The predicted octanol–water partition coefficient (Wildman–Crippen LogP) is 1.87. The van der Waals surface area contributed by atoms with Gasteiger partial charge < -0.3 is 10.4 Å². The lowest BCUT2D eigenvalue weighted by Crippen LogP contribution is -2.32. The molecule has 0 spiro atoms. The molecule has 3 rings (SSSR count). The molecule has 1 saturated heterocycles. The second-order valence-electron chi connectivity index (χ2n) is 6.02. The molecule has 1 aromatic heterocycles. The zero-order valence-corrected chi connectivity index (χ0v) is 14.8. The summed E-state index contributed by atoms with van der Waals surface area (Å²) in [4.78, 5) is 26.1. The van der Waals surface area contributed by atoms with Crippen LogP contribution in [0.25, 0.3) is 0 Å². The Morgan fingerprint density at radius 3 is 2.84 bits per heavy atom. The number of aromatic hydroxyl groups is 1. The summed E-state index contributed by atoms with van der Waals surface area (Å²) in [5, 5.41) is 21.8. The van der Waals surface area contributed by atoms with Gasteiger partial charge in [0.15, 0.2) is 0 Å². The summed E-state index contributed by atoms with van der Waals surface area (Å²) in [6.45, 7) is 2.76.